The highest BCUT2D eigenvalue weighted by Gasteiger charge is 2.23. The first-order chi connectivity index (χ1) is 14.0. The zero-order valence-electron chi connectivity index (χ0n) is 16.8. The fraction of sp³-hybridized carbons (Fsp3) is 0.391. The van der Waals surface area contributed by atoms with Crippen LogP contribution in [-0.2, 0) is 16.1 Å². The van der Waals surface area contributed by atoms with E-state index in [2.05, 4.69) is 10.6 Å². The second-order valence-corrected chi connectivity index (χ2v) is 7.57. The summed E-state index contributed by atoms with van der Waals surface area (Å²) >= 11 is 0. The minimum atomic E-state index is -0.281. The molecule has 0 radical (unpaired) electrons. The Morgan fingerprint density at radius 2 is 1.97 bits per heavy atom. The lowest BCUT2D eigenvalue weighted by Crippen LogP contribution is -2.22. The van der Waals surface area contributed by atoms with Gasteiger partial charge in [-0.15, -0.1) is 0 Å². The molecular weight excluding hydrogens is 370 g/mol. The van der Waals surface area contributed by atoms with Crippen LogP contribution < -0.4 is 9.47 Å². The van der Waals surface area contributed by atoms with Crippen LogP contribution in [0.1, 0.15) is 46.6 Å². The summed E-state index contributed by atoms with van der Waals surface area (Å²) in [7, 11) is 0. The number of ketones is 1. The molecule has 0 bridgehead atoms. The Balaban J connectivity index is 1.43. The maximum absolute atomic E-state index is 12.7. The van der Waals surface area contributed by atoms with Crippen molar-refractivity contribution in [2.75, 3.05) is 13.4 Å². The molecule has 152 valence electrons. The number of aryl methyl sites for hydroxylation is 1. The normalized spacial score (nSPS) is 17.4. The van der Waals surface area contributed by atoms with Crippen molar-refractivity contribution in [2.45, 2.75) is 39.7 Å². The Hall–Kier alpha value is -3.02. The molecule has 2 aliphatic rings. The van der Waals surface area contributed by atoms with E-state index in [0.717, 1.165) is 41.3 Å². The first-order valence-electron chi connectivity index (χ1n) is 9.93. The van der Waals surface area contributed by atoms with E-state index in [1.807, 2.05) is 44.2 Å². The molecule has 4 rings (SSSR count). The number of ether oxygens (including phenoxy) is 3. The Bertz CT molecular complexity index is 972. The Labute approximate surface area is 170 Å². The maximum Gasteiger partial charge on any atom is 0.309 e. The van der Waals surface area contributed by atoms with Gasteiger partial charge in [0.2, 0.25) is 12.6 Å². The van der Waals surface area contributed by atoms with E-state index < -0.39 is 0 Å². The third-order valence-electron chi connectivity index (χ3n) is 5.60. The molecule has 1 aromatic heterocycles. The van der Waals surface area contributed by atoms with Gasteiger partial charge in [-0.05, 0) is 56.9 Å². The molecule has 2 aromatic rings. The number of fused-ring (bicyclic) bond motifs is 1. The quantitative estimate of drug-likeness (QED) is 0.421. The minimum absolute atomic E-state index is 0.133. The van der Waals surface area contributed by atoms with E-state index in [1.54, 1.807) is 0 Å². The van der Waals surface area contributed by atoms with Gasteiger partial charge in [-0.3, -0.25) is 9.59 Å². The van der Waals surface area contributed by atoms with Gasteiger partial charge in [0.25, 0.3) is 0 Å². The van der Waals surface area contributed by atoms with Gasteiger partial charge in [0.1, 0.15) is 0 Å². The van der Waals surface area contributed by atoms with Crippen molar-refractivity contribution in [1.82, 2.24) is 4.57 Å². The number of allylic oxidation sites excluding steroid dienone is 2. The van der Waals surface area contributed by atoms with E-state index in [-0.39, 0.29) is 31.1 Å². The number of esters is 1. The van der Waals surface area contributed by atoms with Gasteiger partial charge in [-0.2, -0.15) is 0 Å². The smallest absolute Gasteiger partial charge is 0.309 e. The number of benzene rings is 1. The Morgan fingerprint density at radius 3 is 2.76 bits per heavy atom. The van der Waals surface area contributed by atoms with E-state index in [4.69, 9.17) is 14.2 Å². The standard InChI is InChI=1S/C23H25NO5/c1-15-10-19(20(25)13-27-23(26)18-6-4-3-5-7-18)16(2)24(15)12-17-8-9-21-22(11-17)29-14-28-21/h3-4,8-11,18H,5-7,12-14H2,1-2H3/t18-/m1/s1. The van der Waals surface area contributed by atoms with Crippen LogP contribution in [0.15, 0.2) is 36.4 Å². The van der Waals surface area contributed by atoms with Crippen molar-refractivity contribution < 1.29 is 23.8 Å². The molecule has 0 saturated carbocycles. The number of hydrogen-bond acceptors (Lipinski definition) is 5. The molecule has 0 N–H and O–H groups in total. The fourth-order valence-electron chi connectivity index (χ4n) is 3.89. The van der Waals surface area contributed by atoms with Crippen molar-refractivity contribution in [3.63, 3.8) is 0 Å². The summed E-state index contributed by atoms with van der Waals surface area (Å²) in [6, 6.07) is 7.72. The first kappa shape index (κ1) is 19.3. The van der Waals surface area contributed by atoms with E-state index >= 15 is 0 Å². The molecular formula is C23H25NO5. The number of hydrogen-bond donors (Lipinski definition) is 0. The summed E-state index contributed by atoms with van der Waals surface area (Å²) in [4.78, 5) is 24.9. The Kier molecular flexibility index (Phi) is 5.43. The van der Waals surface area contributed by atoms with Gasteiger partial charge in [0.15, 0.2) is 18.1 Å². The second-order valence-electron chi connectivity index (χ2n) is 7.57. The molecule has 6 nitrogen and oxygen atoms in total. The van der Waals surface area contributed by atoms with Crippen LogP contribution in [0.3, 0.4) is 0 Å². The molecule has 6 heteroatoms. The molecule has 0 saturated heterocycles. The number of carbonyl (C=O) groups is 2. The van der Waals surface area contributed by atoms with Gasteiger partial charge in [0.05, 0.1) is 5.92 Å². The van der Waals surface area contributed by atoms with E-state index in [0.29, 0.717) is 18.5 Å². The largest absolute Gasteiger partial charge is 0.457 e. The fourth-order valence-corrected chi connectivity index (χ4v) is 3.89. The lowest BCUT2D eigenvalue weighted by Gasteiger charge is -2.16. The highest BCUT2D eigenvalue weighted by Crippen LogP contribution is 2.33. The number of nitrogens with zero attached hydrogens (tertiary/aromatic N) is 1. The summed E-state index contributed by atoms with van der Waals surface area (Å²) in [6.07, 6.45) is 6.43. The number of Topliss-reactive ketones (excluding diaryl/α,β-unsaturated/α-hetero) is 1. The van der Waals surface area contributed by atoms with Crippen molar-refractivity contribution in [1.29, 1.82) is 0 Å². The van der Waals surface area contributed by atoms with Gasteiger partial charge >= 0.3 is 5.97 Å². The van der Waals surface area contributed by atoms with Crippen LogP contribution in [0, 0.1) is 19.8 Å². The number of rotatable bonds is 6. The second kappa shape index (κ2) is 8.15. The Morgan fingerprint density at radius 1 is 1.14 bits per heavy atom. The third-order valence-corrected chi connectivity index (χ3v) is 5.60. The van der Waals surface area contributed by atoms with Crippen LogP contribution in [0.4, 0.5) is 0 Å². The molecule has 1 aromatic carbocycles. The first-order valence-corrected chi connectivity index (χ1v) is 9.93. The van der Waals surface area contributed by atoms with Crippen molar-refractivity contribution in [3.05, 3.63) is 58.9 Å². The summed E-state index contributed by atoms with van der Waals surface area (Å²) in [5.74, 6) is 0.907. The van der Waals surface area contributed by atoms with Gasteiger partial charge < -0.3 is 18.8 Å². The molecule has 0 unspecified atom stereocenters. The van der Waals surface area contributed by atoms with Crippen LogP contribution in [0.2, 0.25) is 0 Å². The van der Waals surface area contributed by atoms with E-state index in [1.165, 1.54) is 0 Å². The lowest BCUT2D eigenvalue weighted by atomic mass is 9.95. The molecule has 0 fully saturated rings. The van der Waals surface area contributed by atoms with Gasteiger partial charge in [-0.1, -0.05) is 18.2 Å². The summed E-state index contributed by atoms with van der Waals surface area (Å²) in [6.45, 7) is 4.54. The van der Waals surface area contributed by atoms with E-state index in [9.17, 15) is 9.59 Å². The van der Waals surface area contributed by atoms with Crippen LogP contribution in [0.25, 0.3) is 0 Å². The van der Waals surface area contributed by atoms with Crippen molar-refractivity contribution in [3.8, 4) is 11.5 Å². The lowest BCUT2D eigenvalue weighted by molar-refractivity contribution is -0.147. The molecule has 29 heavy (non-hydrogen) atoms. The average Bonchev–Trinajstić information content (AvgIpc) is 3.31. The number of carbonyl (C=O) groups excluding carboxylic acids is 2. The third kappa shape index (κ3) is 4.06. The molecule has 1 aliphatic heterocycles. The SMILES string of the molecule is Cc1cc(C(=O)COC(=O)[C@@H]2CC=CCC2)c(C)n1Cc1ccc2c(c1)OCO2. The van der Waals surface area contributed by atoms with Crippen molar-refractivity contribution in [2.24, 2.45) is 5.92 Å². The summed E-state index contributed by atoms with van der Waals surface area (Å²) in [5.41, 5.74) is 3.50. The molecule has 0 amide bonds. The van der Waals surface area contributed by atoms with Gasteiger partial charge in [0, 0.05) is 23.5 Å². The monoisotopic (exact) mass is 395 g/mol. The highest BCUT2D eigenvalue weighted by molar-refractivity contribution is 5.99. The van der Waals surface area contributed by atoms with Crippen LogP contribution in [-0.4, -0.2) is 29.7 Å². The summed E-state index contributed by atoms with van der Waals surface area (Å²) in [5, 5.41) is 0. The van der Waals surface area contributed by atoms with Gasteiger partial charge in [-0.25, -0.2) is 0 Å². The predicted molar refractivity (Wildman–Crippen MR) is 107 cm³/mol. The molecule has 0 spiro atoms. The van der Waals surface area contributed by atoms with Crippen LogP contribution >= 0.6 is 0 Å². The zero-order chi connectivity index (χ0) is 20.4. The molecule has 1 atom stereocenters. The van der Waals surface area contributed by atoms with Crippen molar-refractivity contribution >= 4 is 11.8 Å². The number of aromatic nitrogens is 1. The average molecular weight is 395 g/mol. The minimum Gasteiger partial charge on any atom is -0.457 e. The predicted octanol–water partition coefficient (Wildman–Crippen LogP) is 3.96. The highest BCUT2D eigenvalue weighted by atomic mass is 16.7. The summed E-state index contributed by atoms with van der Waals surface area (Å²) < 4.78 is 18.2. The topological polar surface area (TPSA) is 66.8 Å². The maximum atomic E-state index is 12.7. The zero-order valence-corrected chi connectivity index (χ0v) is 16.8. The van der Waals surface area contributed by atoms with Crippen LogP contribution in [0.5, 0.6) is 11.5 Å². The molecule has 2 heterocycles. The molecule has 1 aliphatic carbocycles.